The SMILES string of the molecule is C=COC(=O)CCOc1ccc(OC(=O)c2ccc(-c3ccc(OC(=O)OCCCCOC(=O)C=C)cc3)cc2)cc1. The second kappa shape index (κ2) is 16.7. The molecular weight excluding hydrogens is 544 g/mol. The van der Waals surface area contributed by atoms with Gasteiger partial charge in [0, 0.05) is 6.08 Å². The molecule has 3 aromatic carbocycles. The lowest BCUT2D eigenvalue weighted by molar-refractivity contribution is -0.139. The number of benzene rings is 3. The van der Waals surface area contributed by atoms with Crippen LogP contribution in [0.3, 0.4) is 0 Å². The molecule has 0 fully saturated rings. The summed E-state index contributed by atoms with van der Waals surface area (Å²) in [4.78, 5) is 46.7. The van der Waals surface area contributed by atoms with E-state index in [1.165, 1.54) is 0 Å². The third-order valence-corrected chi connectivity index (χ3v) is 5.50. The minimum atomic E-state index is -0.832. The van der Waals surface area contributed by atoms with Gasteiger partial charge in [-0.25, -0.2) is 14.4 Å². The van der Waals surface area contributed by atoms with E-state index in [-0.39, 0.29) is 26.2 Å². The predicted octanol–water partition coefficient (Wildman–Crippen LogP) is 6.05. The largest absolute Gasteiger partial charge is 0.513 e. The summed E-state index contributed by atoms with van der Waals surface area (Å²) in [5, 5.41) is 0. The van der Waals surface area contributed by atoms with E-state index in [2.05, 4.69) is 17.9 Å². The molecule has 10 nitrogen and oxygen atoms in total. The third kappa shape index (κ3) is 10.6. The molecule has 0 saturated carbocycles. The van der Waals surface area contributed by atoms with Crippen LogP contribution in [-0.2, 0) is 23.8 Å². The van der Waals surface area contributed by atoms with E-state index in [0.29, 0.717) is 35.7 Å². The molecule has 10 heteroatoms. The van der Waals surface area contributed by atoms with Crippen molar-refractivity contribution in [3.05, 3.63) is 104 Å². The number of esters is 3. The van der Waals surface area contributed by atoms with Crippen LogP contribution in [0, 0.1) is 0 Å². The normalized spacial score (nSPS) is 10.1. The summed E-state index contributed by atoms with van der Waals surface area (Å²) >= 11 is 0. The summed E-state index contributed by atoms with van der Waals surface area (Å²) < 4.78 is 30.5. The van der Waals surface area contributed by atoms with Crippen LogP contribution in [0.25, 0.3) is 11.1 Å². The van der Waals surface area contributed by atoms with Gasteiger partial charge in [0.1, 0.15) is 17.2 Å². The van der Waals surface area contributed by atoms with Gasteiger partial charge in [-0.15, -0.1) is 0 Å². The van der Waals surface area contributed by atoms with Gasteiger partial charge in [0.25, 0.3) is 0 Å². The minimum absolute atomic E-state index is 0.0750. The van der Waals surface area contributed by atoms with Crippen molar-refractivity contribution in [3.8, 4) is 28.4 Å². The molecule has 0 aromatic heterocycles. The lowest BCUT2D eigenvalue weighted by atomic mass is 10.0. The number of carbonyl (C=O) groups excluding carboxylic acids is 4. The highest BCUT2D eigenvalue weighted by Gasteiger charge is 2.11. The van der Waals surface area contributed by atoms with E-state index >= 15 is 0 Å². The van der Waals surface area contributed by atoms with Gasteiger partial charge in [-0.2, -0.15) is 0 Å². The maximum Gasteiger partial charge on any atom is 0.513 e. The zero-order valence-electron chi connectivity index (χ0n) is 22.8. The monoisotopic (exact) mass is 574 g/mol. The van der Waals surface area contributed by atoms with Gasteiger partial charge >= 0.3 is 24.1 Å². The highest BCUT2D eigenvalue weighted by molar-refractivity contribution is 5.91. The van der Waals surface area contributed by atoms with Crippen molar-refractivity contribution >= 4 is 24.1 Å². The zero-order chi connectivity index (χ0) is 30.2. The van der Waals surface area contributed by atoms with Crippen LogP contribution in [0.1, 0.15) is 29.6 Å². The Morgan fingerprint density at radius 3 is 1.81 bits per heavy atom. The summed E-state index contributed by atoms with van der Waals surface area (Å²) in [7, 11) is 0. The predicted molar refractivity (Wildman–Crippen MR) is 152 cm³/mol. The number of carbonyl (C=O) groups is 4. The van der Waals surface area contributed by atoms with Gasteiger partial charge in [-0.3, -0.25) is 4.79 Å². The van der Waals surface area contributed by atoms with Crippen LogP contribution < -0.4 is 14.2 Å². The molecular formula is C32H30O10. The van der Waals surface area contributed by atoms with Crippen molar-refractivity contribution < 1.29 is 47.6 Å². The van der Waals surface area contributed by atoms with Crippen molar-refractivity contribution in [2.24, 2.45) is 0 Å². The Bertz CT molecular complexity index is 1360. The van der Waals surface area contributed by atoms with Crippen molar-refractivity contribution in [1.29, 1.82) is 0 Å². The Hall–Kier alpha value is -5.38. The van der Waals surface area contributed by atoms with E-state index in [1.807, 2.05) is 0 Å². The van der Waals surface area contributed by atoms with E-state index in [0.717, 1.165) is 23.5 Å². The number of hydrogen-bond donors (Lipinski definition) is 0. The van der Waals surface area contributed by atoms with Gasteiger partial charge in [0.15, 0.2) is 0 Å². The highest BCUT2D eigenvalue weighted by atomic mass is 16.7. The molecule has 0 saturated heterocycles. The Morgan fingerprint density at radius 1 is 0.643 bits per heavy atom. The molecule has 0 spiro atoms. The maximum atomic E-state index is 12.6. The van der Waals surface area contributed by atoms with Crippen molar-refractivity contribution in [2.45, 2.75) is 19.3 Å². The maximum absolute atomic E-state index is 12.6. The summed E-state index contributed by atoms with van der Waals surface area (Å²) in [6, 6.07) is 20.1. The summed E-state index contributed by atoms with van der Waals surface area (Å²) in [6.07, 6.45) is 2.45. The van der Waals surface area contributed by atoms with E-state index in [4.69, 9.17) is 23.7 Å². The van der Waals surface area contributed by atoms with Crippen LogP contribution in [0.2, 0.25) is 0 Å². The zero-order valence-corrected chi connectivity index (χ0v) is 22.8. The van der Waals surface area contributed by atoms with Crippen LogP contribution in [-0.4, -0.2) is 43.9 Å². The molecule has 0 amide bonds. The first-order valence-corrected chi connectivity index (χ1v) is 13.0. The minimum Gasteiger partial charge on any atom is -0.493 e. The molecule has 0 aliphatic heterocycles. The van der Waals surface area contributed by atoms with E-state index < -0.39 is 24.1 Å². The van der Waals surface area contributed by atoms with E-state index in [1.54, 1.807) is 72.8 Å². The summed E-state index contributed by atoms with van der Waals surface area (Å²) in [5.74, 6) is -0.296. The quantitative estimate of drug-likeness (QED) is 0.0403. The van der Waals surface area contributed by atoms with Crippen LogP contribution in [0.4, 0.5) is 4.79 Å². The van der Waals surface area contributed by atoms with Gasteiger partial charge in [0.05, 0.1) is 38.1 Å². The van der Waals surface area contributed by atoms with Crippen molar-refractivity contribution in [1.82, 2.24) is 0 Å². The molecule has 0 radical (unpaired) electrons. The number of hydrogen-bond acceptors (Lipinski definition) is 10. The lowest BCUT2D eigenvalue weighted by Crippen LogP contribution is -2.12. The molecule has 3 rings (SSSR count). The summed E-state index contributed by atoms with van der Waals surface area (Å²) in [5.41, 5.74) is 2.05. The molecule has 0 heterocycles. The topological polar surface area (TPSA) is 124 Å². The van der Waals surface area contributed by atoms with Gasteiger partial charge in [-0.05, 0) is 72.5 Å². The summed E-state index contributed by atoms with van der Waals surface area (Å²) in [6.45, 7) is 7.11. The van der Waals surface area contributed by atoms with Crippen LogP contribution in [0.15, 0.2) is 98.3 Å². The average molecular weight is 575 g/mol. The van der Waals surface area contributed by atoms with E-state index in [9.17, 15) is 19.2 Å². The fourth-order valence-corrected chi connectivity index (χ4v) is 3.41. The molecule has 42 heavy (non-hydrogen) atoms. The highest BCUT2D eigenvalue weighted by Crippen LogP contribution is 2.24. The fourth-order valence-electron chi connectivity index (χ4n) is 3.41. The first kappa shape index (κ1) is 31.2. The Labute approximate surface area is 243 Å². The van der Waals surface area contributed by atoms with Crippen molar-refractivity contribution in [3.63, 3.8) is 0 Å². The molecule has 0 bridgehead atoms. The van der Waals surface area contributed by atoms with Crippen LogP contribution in [0.5, 0.6) is 17.2 Å². The van der Waals surface area contributed by atoms with Crippen molar-refractivity contribution in [2.75, 3.05) is 19.8 Å². The van der Waals surface area contributed by atoms with Gasteiger partial charge < -0.3 is 28.4 Å². The first-order valence-electron chi connectivity index (χ1n) is 13.0. The molecule has 0 aliphatic rings. The van der Waals surface area contributed by atoms with Crippen LogP contribution >= 0.6 is 0 Å². The number of unbranched alkanes of at least 4 members (excludes halogenated alkanes) is 1. The fraction of sp³-hybridized carbons (Fsp3) is 0.188. The second-order valence-corrected chi connectivity index (χ2v) is 8.50. The standard InChI is InChI=1S/C32H30O10/c1-3-29(33)39-20-5-6-21-40-32(36)42-28-13-11-24(12-14-28)23-7-9-25(10-8-23)31(35)41-27-17-15-26(16-18-27)38-22-19-30(34)37-4-2/h3-4,7-18H,1-2,5-6,19-22H2. The molecule has 0 aliphatic carbocycles. The second-order valence-electron chi connectivity index (χ2n) is 8.50. The molecule has 0 N–H and O–H groups in total. The van der Waals surface area contributed by atoms with Gasteiger partial charge in [-0.1, -0.05) is 37.4 Å². The van der Waals surface area contributed by atoms with Gasteiger partial charge in [0.2, 0.25) is 0 Å². The Morgan fingerprint density at radius 2 is 1.19 bits per heavy atom. The number of ether oxygens (including phenoxy) is 6. The molecule has 218 valence electrons. The Balaban J connectivity index is 1.42. The first-order chi connectivity index (χ1) is 20.4. The molecule has 0 atom stereocenters. The Kier molecular flexibility index (Phi) is 12.4. The third-order valence-electron chi connectivity index (χ3n) is 5.50. The average Bonchev–Trinajstić information content (AvgIpc) is 3.00. The molecule has 0 unspecified atom stereocenters. The lowest BCUT2D eigenvalue weighted by Gasteiger charge is -2.09. The number of rotatable bonds is 15. The smallest absolute Gasteiger partial charge is 0.493 e. The molecule has 3 aromatic rings.